The van der Waals surface area contributed by atoms with Crippen molar-refractivity contribution < 1.29 is 118 Å². The van der Waals surface area contributed by atoms with Crippen LogP contribution < -0.4 is 61.2 Å². The number of pyridine rings is 3. The average molecular weight is 2000 g/mol. The zero-order chi connectivity index (χ0) is 103. The number of esters is 2. The van der Waals surface area contributed by atoms with Crippen molar-refractivity contribution in [2.24, 2.45) is 11.5 Å². The molecule has 4 aliphatic rings. The number of anilines is 4. The van der Waals surface area contributed by atoms with Crippen LogP contribution in [0.1, 0.15) is 74.1 Å². The van der Waals surface area contributed by atoms with E-state index in [0.717, 1.165) is 32.7 Å². The van der Waals surface area contributed by atoms with E-state index in [2.05, 4.69) is 55.2 Å². The second kappa shape index (κ2) is 40.1. The highest BCUT2D eigenvalue weighted by atomic mass is 35.5. The van der Waals surface area contributed by atoms with Gasteiger partial charge in [0.25, 0.3) is 0 Å². The standard InChI is InChI=1S/C27H26F3N5O3.C25H20F3N5O2.2C15H12F3N3O3.C14H9ClF3N3/c1-36-23-8-3-17(13-24(23)37-2)22-14-20-15-26(27(28,29)30,21(16-31)25(32)35(20)33-22)18-4-6-19(7-5-18)34-9-11-38-12-10-34;1-34-21-8-7-14(9-22(21)35-2)20-10-15-11-24(25(26,27)28,17(12-29)23(30)33(15)32-20)18-13-31-19-6-4-3-5-16(18)19;1-23-6-3-4-8-7(5-6)11-9(13(20-8)15(16,17)18)10(19)12(21-11)14(22)24-2;1-23-8-3-4-11-9(5-8)13(20-7-12(22)24-2)10(6-19)14(21-11)15(16,17)18;15-7-1-4-11-9(5-7)12(20-8-2-3-8)10(6-19)13(21-11)14(16,17)18/h3-8,13-14H,9-12,15,32H2,1-2H3;3-10,13,31H,11,30H2,1-2H3;3-5,21H,19H2,1-2H3;3-5H,7H2,1-2H3,(H,20,21);1,4-5,8H,2-3H2,(H,20,21). The number of para-hydroxylation sites is 1. The minimum atomic E-state index is -4.82. The lowest BCUT2D eigenvalue weighted by Gasteiger charge is -2.39. The number of morpholine rings is 1. The molecule has 1 saturated carbocycles. The number of nitrogens with zero attached hydrogens (tertiary/aromatic N) is 12. The lowest BCUT2D eigenvalue weighted by atomic mass is 9.69. The van der Waals surface area contributed by atoms with Crippen LogP contribution in [0.25, 0.3) is 88.7 Å². The third-order valence-electron chi connectivity index (χ3n) is 23.7. The Morgan fingerprint density at radius 2 is 1.01 bits per heavy atom. The number of benzene rings is 7. The quantitative estimate of drug-likeness (QED) is 0.0329. The van der Waals surface area contributed by atoms with Gasteiger partial charge in [-0.2, -0.15) is 97.1 Å². The van der Waals surface area contributed by atoms with Gasteiger partial charge in [-0.1, -0.05) is 41.9 Å². The molecule has 0 bridgehead atoms. The molecule has 7 aromatic heterocycles. The van der Waals surface area contributed by atoms with E-state index < -0.39 is 112 Å². The van der Waals surface area contributed by atoms with Gasteiger partial charge >= 0.3 is 42.8 Å². The molecule has 10 heterocycles. The molecule has 1 saturated heterocycles. The number of fused-ring (bicyclic) bond motifs is 8. The van der Waals surface area contributed by atoms with Gasteiger partial charge in [-0.3, -0.25) is 4.79 Å². The minimum absolute atomic E-state index is 0.00879. The molecule has 2 fully saturated rings. The van der Waals surface area contributed by atoms with Gasteiger partial charge in [-0.15, -0.1) is 0 Å². The smallest absolute Gasteiger partial charge is 0.434 e. The Hall–Kier alpha value is -16.6. The molecule has 736 valence electrons. The van der Waals surface area contributed by atoms with Crippen LogP contribution >= 0.6 is 11.6 Å². The van der Waals surface area contributed by atoms with E-state index in [1.165, 1.54) is 131 Å². The Kier molecular flexibility index (Phi) is 28.6. The predicted octanol–water partition coefficient (Wildman–Crippen LogP) is 19.1. The van der Waals surface area contributed by atoms with Gasteiger partial charge in [0.1, 0.15) is 69.5 Å². The van der Waals surface area contributed by atoms with E-state index in [4.69, 9.17) is 67.2 Å². The van der Waals surface area contributed by atoms with Crippen molar-refractivity contribution >= 4 is 112 Å². The molecule has 0 radical (unpaired) electrons. The number of aromatic amines is 2. The first-order valence-electron chi connectivity index (χ1n) is 42.2. The summed E-state index contributed by atoms with van der Waals surface area (Å²) in [5.41, 5.74) is 10.3. The molecule has 0 amide bonds. The Balaban J connectivity index is 0.000000144. The van der Waals surface area contributed by atoms with Gasteiger partial charge in [-0.05, 0) is 145 Å². The number of rotatable bonds is 17. The summed E-state index contributed by atoms with van der Waals surface area (Å²) in [4.78, 5) is 41.5. The van der Waals surface area contributed by atoms with Gasteiger partial charge in [0, 0.05) is 98.5 Å². The fourth-order valence-corrected chi connectivity index (χ4v) is 16.9. The van der Waals surface area contributed by atoms with E-state index >= 15 is 13.2 Å². The summed E-state index contributed by atoms with van der Waals surface area (Å²) >= 11 is 5.91. The van der Waals surface area contributed by atoms with Crippen LogP contribution in [0.4, 0.5) is 88.6 Å². The lowest BCUT2D eigenvalue weighted by Crippen LogP contribution is -2.49. The number of methoxy groups -OCH3 is 8. The topological polar surface area (TPSA) is 424 Å². The van der Waals surface area contributed by atoms with Crippen LogP contribution in [0.5, 0.6) is 34.5 Å². The number of hydrogen-bond acceptors (Lipinski definition) is 26. The van der Waals surface area contributed by atoms with Crippen molar-refractivity contribution in [2.45, 2.75) is 73.4 Å². The number of ether oxygens (including phenoxy) is 9. The summed E-state index contributed by atoms with van der Waals surface area (Å²) < 4.78 is 257. The largest absolute Gasteiger partial charge is 0.497 e. The summed E-state index contributed by atoms with van der Waals surface area (Å²) in [6.45, 7) is 2.01. The molecular formula is C96H79ClF15N19O11. The molecule has 2 atom stereocenters. The molecule has 30 nitrogen and oxygen atoms in total. The normalized spacial score (nSPS) is 15.7. The fourth-order valence-electron chi connectivity index (χ4n) is 16.7. The molecule has 18 rings (SSSR count). The van der Waals surface area contributed by atoms with Crippen molar-refractivity contribution in [1.82, 2.24) is 44.5 Å². The van der Waals surface area contributed by atoms with Crippen molar-refractivity contribution in [1.29, 1.82) is 21.0 Å². The molecule has 10 N–H and O–H groups in total. The second-order valence-corrected chi connectivity index (χ2v) is 32.3. The zero-order valence-corrected chi connectivity index (χ0v) is 76.3. The number of halogens is 16. The van der Waals surface area contributed by atoms with Crippen molar-refractivity contribution in [3.05, 3.63) is 230 Å². The third kappa shape index (κ3) is 19.5. The number of nitrogens with two attached hydrogens (primary N) is 3. The average Bonchev–Trinajstić information content (AvgIpc) is 1.41. The molecule has 7 aromatic carbocycles. The Morgan fingerprint density at radius 3 is 1.49 bits per heavy atom. The van der Waals surface area contributed by atoms with E-state index in [1.807, 2.05) is 4.90 Å². The van der Waals surface area contributed by atoms with Crippen molar-refractivity contribution in [3.8, 4) is 81.3 Å². The third-order valence-corrected chi connectivity index (χ3v) is 24.0. The van der Waals surface area contributed by atoms with Gasteiger partial charge in [0.2, 0.25) is 0 Å². The number of alkyl halides is 15. The number of nitrogens with one attached hydrogen (secondary N) is 4. The molecule has 2 unspecified atom stereocenters. The van der Waals surface area contributed by atoms with Gasteiger partial charge in [0.15, 0.2) is 40.1 Å². The van der Waals surface area contributed by atoms with E-state index in [0.29, 0.717) is 110 Å². The van der Waals surface area contributed by atoms with Crippen LogP contribution in [0, 0.1) is 45.3 Å². The monoisotopic (exact) mass is 1990 g/mol. The number of nitrogen functional groups attached to an aromatic ring is 1. The summed E-state index contributed by atoms with van der Waals surface area (Å²) in [7, 11) is 11.1. The van der Waals surface area contributed by atoms with Crippen LogP contribution in [-0.4, -0.2) is 165 Å². The summed E-state index contributed by atoms with van der Waals surface area (Å²) in [6.07, 6.45) is -21.9. The number of hydrogen-bond donors (Lipinski definition) is 7. The highest BCUT2D eigenvalue weighted by Crippen LogP contribution is 2.56. The Bertz CT molecular complexity index is 7500. The molecule has 3 aliphatic heterocycles. The van der Waals surface area contributed by atoms with Gasteiger partial charge in [-0.25, -0.2) is 29.1 Å². The number of allylic oxidation sites excluding steroid dienone is 2. The SMILES string of the molecule is COC(=O)CNc1c(C#N)c(C(F)(F)F)nc2ccc(OC)cc12.COC(=O)c1[nH]c2c(c(C(F)(F)F)nc3ccc(OC)cc32)c1N.COc1ccc(-c2cc3n(n2)C(N)=C(C#N)C(c2c[nH]c4ccccc24)(C(F)(F)F)C3)cc1OC.COc1ccc(-c2cc3n(n2)C(N)=C(C#N)C(c2ccc(N4CCOCC4)cc2)(C(F)(F)F)C3)cc1OC.N#Cc1c(C(F)(F)F)nc2ccc(Cl)cc2c1NC1CC1. The maximum absolute atomic E-state index is 15.0. The molecule has 46 heteroatoms. The van der Waals surface area contributed by atoms with Crippen LogP contribution in [-0.2, 0) is 61.2 Å². The van der Waals surface area contributed by atoms with Crippen molar-refractivity contribution in [3.63, 3.8) is 0 Å². The maximum atomic E-state index is 15.0. The fraction of sp³-hybridized carbons (Fsp3) is 0.260. The predicted molar refractivity (Wildman–Crippen MR) is 491 cm³/mol. The number of carbonyl (C=O) groups is 2. The highest BCUT2D eigenvalue weighted by Gasteiger charge is 2.64. The van der Waals surface area contributed by atoms with E-state index in [1.54, 1.807) is 103 Å². The minimum Gasteiger partial charge on any atom is -0.497 e. The first kappa shape index (κ1) is 101. The highest BCUT2D eigenvalue weighted by molar-refractivity contribution is 6.31. The van der Waals surface area contributed by atoms with Gasteiger partial charge < -0.3 is 85.3 Å². The summed E-state index contributed by atoms with van der Waals surface area (Å²) in [5.74, 6) is 0.422. The van der Waals surface area contributed by atoms with E-state index in [-0.39, 0.29) is 95.8 Å². The van der Waals surface area contributed by atoms with Crippen LogP contribution in [0.15, 0.2) is 169 Å². The number of aromatic nitrogens is 9. The number of nitriles is 4. The first-order valence-corrected chi connectivity index (χ1v) is 42.5. The summed E-state index contributed by atoms with van der Waals surface area (Å²) in [6, 6.07) is 45.9. The molecule has 0 spiro atoms. The molecule has 14 aromatic rings. The van der Waals surface area contributed by atoms with Crippen LogP contribution in [0.3, 0.4) is 0 Å². The maximum Gasteiger partial charge on any atom is 0.434 e. The molecule has 142 heavy (non-hydrogen) atoms. The summed E-state index contributed by atoms with van der Waals surface area (Å²) in [5, 5.41) is 54.1. The molecule has 1 aliphatic carbocycles. The second-order valence-electron chi connectivity index (χ2n) is 31.8. The van der Waals surface area contributed by atoms with E-state index in [9.17, 15) is 78.1 Å². The number of carbonyl (C=O) groups excluding carboxylic acids is 2. The zero-order valence-electron chi connectivity index (χ0n) is 75.6. The molecular weight excluding hydrogens is 1920 g/mol. The first-order chi connectivity index (χ1) is 67.5. The van der Waals surface area contributed by atoms with Crippen molar-refractivity contribution in [2.75, 3.05) is 111 Å². The van der Waals surface area contributed by atoms with Crippen LogP contribution in [0.2, 0.25) is 5.02 Å². The Labute approximate surface area is 800 Å². The Morgan fingerprint density at radius 1 is 0.528 bits per heavy atom. The number of H-pyrrole nitrogens is 2. The lowest BCUT2D eigenvalue weighted by molar-refractivity contribution is -0.179. The van der Waals surface area contributed by atoms with Gasteiger partial charge in [0.05, 0.1) is 149 Å².